The van der Waals surface area contributed by atoms with Crippen LogP contribution in [0.5, 0.6) is 0 Å². The number of hydrogen-bond donors (Lipinski definition) is 0. The number of aryl methyl sites for hydroxylation is 2. The van der Waals surface area contributed by atoms with Crippen LogP contribution in [0.2, 0.25) is 0 Å². The number of nitriles is 2. The quantitative estimate of drug-likeness (QED) is 0.178. The molecule has 0 fully saturated rings. The van der Waals surface area contributed by atoms with E-state index in [2.05, 4.69) is 45.1 Å². The first-order chi connectivity index (χ1) is 21.4. The minimum absolute atomic E-state index is 0.258. The van der Waals surface area contributed by atoms with Crippen LogP contribution in [0, 0.1) is 34.3 Å². The molecule has 0 aliphatic rings. The topological polar surface area (TPSA) is 83.2 Å². The Morgan fingerprint density at radius 2 is 0.977 bits per heavy atom. The lowest BCUT2D eigenvalue weighted by molar-refractivity contribution is 0.627. The molecule has 2 heterocycles. The molecule has 0 N–H and O–H groups in total. The molecule has 0 aliphatic carbocycles. The molecule has 44 heavy (non-hydrogen) atoms. The van der Waals surface area contributed by atoms with Crippen LogP contribution in [-0.4, -0.2) is 19.1 Å². The van der Waals surface area contributed by atoms with E-state index in [1.165, 1.54) is 24.3 Å². The maximum atomic E-state index is 13.1. The first-order valence-corrected chi connectivity index (χ1v) is 14.8. The van der Waals surface area contributed by atoms with E-state index in [-0.39, 0.29) is 11.6 Å². The summed E-state index contributed by atoms with van der Waals surface area (Å²) >= 11 is 0. The van der Waals surface area contributed by atoms with Crippen LogP contribution < -0.4 is 0 Å². The lowest BCUT2D eigenvalue weighted by Crippen LogP contribution is -2.00. The Balaban J connectivity index is 0.000000175. The number of imidazole rings is 2. The van der Waals surface area contributed by atoms with Crippen molar-refractivity contribution in [3.05, 3.63) is 108 Å². The molecule has 0 saturated carbocycles. The van der Waals surface area contributed by atoms with Crippen LogP contribution >= 0.6 is 0 Å². The van der Waals surface area contributed by atoms with E-state index in [4.69, 9.17) is 10.5 Å². The molecule has 6 rings (SSSR count). The molecule has 220 valence electrons. The Hall–Kier alpha value is -5.34. The second kappa shape index (κ2) is 13.8. The molecule has 0 aliphatic heterocycles. The van der Waals surface area contributed by atoms with Crippen molar-refractivity contribution in [1.82, 2.24) is 19.1 Å². The molecular formula is C36H32F2N6. The molecule has 0 bridgehead atoms. The minimum Gasteiger partial charge on any atom is -0.324 e. The first-order valence-electron chi connectivity index (χ1n) is 14.8. The number of hydrogen-bond acceptors (Lipinski definition) is 4. The van der Waals surface area contributed by atoms with Crippen molar-refractivity contribution in [2.24, 2.45) is 0 Å². The van der Waals surface area contributed by atoms with Crippen molar-refractivity contribution >= 4 is 22.1 Å². The highest BCUT2D eigenvalue weighted by molar-refractivity contribution is 5.83. The highest BCUT2D eigenvalue weighted by atomic mass is 19.1. The Morgan fingerprint density at radius 3 is 1.32 bits per heavy atom. The van der Waals surface area contributed by atoms with Crippen molar-refractivity contribution in [1.29, 1.82) is 10.5 Å². The van der Waals surface area contributed by atoms with E-state index >= 15 is 0 Å². The third-order valence-corrected chi connectivity index (χ3v) is 7.43. The summed E-state index contributed by atoms with van der Waals surface area (Å²) in [5.74, 6) is 1.12. The van der Waals surface area contributed by atoms with Crippen LogP contribution in [0.4, 0.5) is 8.78 Å². The average molecular weight is 587 g/mol. The van der Waals surface area contributed by atoms with Gasteiger partial charge in [-0.2, -0.15) is 10.5 Å². The van der Waals surface area contributed by atoms with Crippen LogP contribution in [0.15, 0.2) is 84.9 Å². The summed E-state index contributed by atoms with van der Waals surface area (Å²) in [5, 5.41) is 18.2. The van der Waals surface area contributed by atoms with Crippen molar-refractivity contribution in [3.8, 4) is 34.9 Å². The number of unbranched alkanes of at least 4 members (excludes halogenated alkanes) is 2. The number of rotatable bonds is 8. The van der Waals surface area contributed by atoms with Gasteiger partial charge in [-0.1, -0.05) is 26.7 Å². The maximum Gasteiger partial charge on any atom is 0.141 e. The molecule has 6 aromatic rings. The minimum atomic E-state index is -0.258. The lowest BCUT2D eigenvalue weighted by Gasteiger charge is -2.08. The molecule has 2 aromatic heterocycles. The predicted octanol–water partition coefficient (Wildman–Crippen LogP) is 9.03. The Labute approximate surface area is 255 Å². The number of halogens is 2. The van der Waals surface area contributed by atoms with Gasteiger partial charge in [0.2, 0.25) is 0 Å². The van der Waals surface area contributed by atoms with Crippen LogP contribution in [0.25, 0.3) is 44.8 Å². The van der Waals surface area contributed by atoms with Crippen molar-refractivity contribution < 1.29 is 8.78 Å². The number of aromatic nitrogens is 4. The fourth-order valence-electron chi connectivity index (χ4n) is 5.11. The van der Waals surface area contributed by atoms with Crippen molar-refractivity contribution in [2.45, 2.75) is 52.6 Å². The molecule has 0 amide bonds. The molecule has 4 aromatic carbocycles. The first kappa shape index (κ1) is 30.1. The van der Waals surface area contributed by atoms with Gasteiger partial charge in [0.1, 0.15) is 23.3 Å². The molecule has 8 heteroatoms. The molecule has 0 radical (unpaired) electrons. The Morgan fingerprint density at radius 1 is 0.591 bits per heavy atom. The Bertz CT molecular complexity index is 1830. The number of fused-ring (bicyclic) bond motifs is 2. The van der Waals surface area contributed by atoms with Gasteiger partial charge in [-0.3, -0.25) is 0 Å². The molecule has 0 spiro atoms. The van der Waals surface area contributed by atoms with Crippen molar-refractivity contribution in [3.63, 3.8) is 0 Å². The summed E-state index contributed by atoms with van der Waals surface area (Å²) in [6.45, 7) is 5.93. The number of benzene rings is 4. The van der Waals surface area contributed by atoms with E-state index in [9.17, 15) is 8.78 Å². The average Bonchev–Trinajstić information content (AvgIpc) is 3.60. The van der Waals surface area contributed by atoms with Gasteiger partial charge in [-0.05, 0) is 97.8 Å². The smallest absolute Gasteiger partial charge is 0.141 e. The van der Waals surface area contributed by atoms with Gasteiger partial charge in [0.05, 0.1) is 45.3 Å². The molecule has 0 saturated heterocycles. The largest absolute Gasteiger partial charge is 0.324 e. The fraction of sp³-hybridized carbons (Fsp3) is 0.222. The Kier molecular flexibility index (Phi) is 9.42. The third-order valence-electron chi connectivity index (χ3n) is 7.43. The molecular weight excluding hydrogens is 554 g/mol. The summed E-state index contributed by atoms with van der Waals surface area (Å²) in [4.78, 5) is 9.34. The zero-order valence-electron chi connectivity index (χ0n) is 24.8. The van der Waals surface area contributed by atoms with E-state index in [1.807, 2.05) is 24.3 Å². The highest BCUT2D eigenvalue weighted by Crippen LogP contribution is 2.28. The van der Waals surface area contributed by atoms with Crippen LogP contribution in [-0.2, 0) is 13.1 Å². The van der Waals surface area contributed by atoms with Gasteiger partial charge in [0.25, 0.3) is 0 Å². The fourth-order valence-corrected chi connectivity index (χ4v) is 5.11. The SMILES string of the molecule is CCCCn1c(-c2ccc(F)cc2)nc2ccc(C#N)cc21.CCCCn1c(-c2ccc(F)cc2)nc2ccc(C#N)cc21. The summed E-state index contributed by atoms with van der Waals surface area (Å²) in [6, 6.07) is 28.1. The highest BCUT2D eigenvalue weighted by Gasteiger charge is 2.14. The van der Waals surface area contributed by atoms with Crippen molar-refractivity contribution in [2.75, 3.05) is 0 Å². The van der Waals surface area contributed by atoms with Gasteiger partial charge >= 0.3 is 0 Å². The van der Waals surface area contributed by atoms with Crippen LogP contribution in [0.3, 0.4) is 0 Å². The van der Waals surface area contributed by atoms with Gasteiger partial charge in [-0.25, -0.2) is 18.7 Å². The van der Waals surface area contributed by atoms with Gasteiger partial charge < -0.3 is 9.13 Å². The lowest BCUT2D eigenvalue weighted by atomic mass is 10.2. The zero-order chi connectivity index (χ0) is 31.1. The summed E-state index contributed by atoms with van der Waals surface area (Å²) in [5.41, 5.74) is 6.62. The second-order valence-corrected chi connectivity index (χ2v) is 10.5. The van der Waals surface area contributed by atoms with Gasteiger partial charge in [-0.15, -0.1) is 0 Å². The van der Waals surface area contributed by atoms with Gasteiger partial charge in [0, 0.05) is 24.2 Å². The van der Waals surface area contributed by atoms with E-state index < -0.39 is 0 Å². The van der Waals surface area contributed by atoms with E-state index in [0.717, 1.165) is 83.6 Å². The standard InChI is InChI=1S/2C18H16FN3/c2*1-2-3-10-22-17-11-13(12-20)4-9-16(17)21-18(22)14-5-7-15(19)8-6-14/h2*4-9,11H,2-3,10H2,1H3. The zero-order valence-corrected chi connectivity index (χ0v) is 24.8. The maximum absolute atomic E-state index is 13.1. The summed E-state index contributed by atoms with van der Waals surface area (Å²) in [6.07, 6.45) is 4.19. The number of nitrogens with zero attached hydrogens (tertiary/aromatic N) is 6. The normalized spacial score (nSPS) is 10.8. The van der Waals surface area contributed by atoms with Gasteiger partial charge in [0.15, 0.2) is 0 Å². The second-order valence-electron chi connectivity index (χ2n) is 10.5. The molecule has 6 nitrogen and oxygen atoms in total. The predicted molar refractivity (Wildman–Crippen MR) is 169 cm³/mol. The molecule has 0 unspecified atom stereocenters. The summed E-state index contributed by atoms with van der Waals surface area (Å²) in [7, 11) is 0. The van der Waals surface area contributed by atoms with E-state index in [0.29, 0.717) is 11.1 Å². The van der Waals surface area contributed by atoms with E-state index in [1.54, 1.807) is 36.4 Å². The third kappa shape index (κ3) is 6.50. The summed E-state index contributed by atoms with van der Waals surface area (Å²) < 4.78 is 30.5. The monoisotopic (exact) mass is 586 g/mol. The van der Waals surface area contributed by atoms with Crippen LogP contribution in [0.1, 0.15) is 50.7 Å². The molecule has 0 atom stereocenters.